The highest BCUT2D eigenvalue weighted by molar-refractivity contribution is 6.28. The number of carboxylic acid groups (broad SMARTS) is 1. The van der Waals surface area contributed by atoms with E-state index in [4.69, 9.17) is 14.6 Å². The zero-order valence-electron chi connectivity index (χ0n) is 17.6. The molecule has 0 spiro atoms. The molecule has 0 saturated carbocycles. The molecule has 1 fully saturated rings. The molecule has 3 amide bonds. The first kappa shape index (κ1) is 21.6. The van der Waals surface area contributed by atoms with Crippen molar-refractivity contribution < 1.29 is 29.0 Å². The molecule has 3 aromatic carbocycles. The molecule has 3 aromatic rings. The number of amides is 3. The summed E-state index contributed by atoms with van der Waals surface area (Å²) >= 11 is 0. The van der Waals surface area contributed by atoms with Crippen LogP contribution in [0.15, 0.2) is 78.5 Å². The van der Waals surface area contributed by atoms with Crippen LogP contribution in [0.3, 0.4) is 0 Å². The molecule has 1 heterocycles. The predicted octanol–water partition coefficient (Wildman–Crippen LogP) is 4.07. The number of carbonyl (C=O) groups is 3. The summed E-state index contributed by atoms with van der Waals surface area (Å²) in [6.45, 7) is 0.283. The number of nitrogens with one attached hydrogen (secondary N) is 1. The first-order chi connectivity index (χ1) is 15.9. The van der Waals surface area contributed by atoms with Gasteiger partial charge in [0.1, 0.15) is 23.8 Å². The molecule has 8 heteroatoms. The van der Waals surface area contributed by atoms with E-state index < -0.39 is 17.9 Å². The van der Waals surface area contributed by atoms with Crippen molar-refractivity contribution in [3.8, 4) is 11.5 Å². The number of rotatable bonds is 7. The van der Waals surface area contributed by atoms with Gasteiger partial charge in [-0.25, -0.2) is 14.5 Å². The molecule has 0 bridgehead atoms. The van der Waals surface area contributed by atoms with Crippen molar-refractivity contribution in [2.75, 3.05) is 12.0 Å². The van der Waals surface area contributed by atoms with Crippen molar-refractivity contribution in [3.05, 3.63) is 95.2 Å². The number of ether oxygens (including phenoxy) is 2. The lowest BCUT2D eigenvalue weighted by atomic mass is 10.1. The van der Waals surface area contributed by atoms with E-state index in [-0.39, 0.29) is 17.9 Å². The Hall–Kier alpha value is -4.59. The summed E-state index contributed by atoms with van der Waals surface area (Å²) in [7, 11) is 1.54. The number of urea groups is 1. The second-order valence-electron chi connectivity index (χ2n) is 7.19. The van der Waals surface area contributed by atoms with Crippen LogP contribution < -0.4 is 19.7 Å². The highest BCUT2D eigenvalue weighted by atomic mass is 16.5. The first-order valence-corrected chi connectivity index (χ1v) is 10.0. The fourth-order valence-corrected chi connectivity index (χ4v) is 3.24. The minimum Gasteiger partial charge on any atom is -0.497 e. The highest BCUT2D eigenvalue weighted by Crippen LogP contribution is 2.25. The van der Waals surface area contributed by atoms with Crippen LogP contribution in [-0.2, 0) is 11.4 Å². The summed E-state index contributed by atoms with van der Waals surface area (Å²) in [6, 6.07) is 19.6. The molecule has 0 radical (unpaired) electrons. The topological polar surface area (TPSA) is 105 Å². The summed E-state index contributed by atoms with van der Waals surface area (Å²) in [5.74, 6) is -0.186. The largest absolute Gasteiger partial charge is 0.497 e. The molecule has 1 aliphatic rings. The van der Waals surface area contributed by atoms with Gasteiger partial charge in [-0.15, -0.1) is 0 Å². The Labute approximate surface area is 189 Å². The first-order valence-electron chi connectivity index (χ1n) is 10.0. The van der Waals surface area contributed by atoms with Crippen LogP contribution in [0.25, 0.3) is 6.08 Å². The lowest BCUT2D eigenvalue weighted by Gasteiger charge is -2.12. The normalized spacial score (nSPS) is 14.3. The SMILES string of the molecule is COc1ccc(N2C(=O)N/C(=C\c3ccc(OCc4ccc(C(=O)O)cc4)cc3)C2=O)cc1. The summed E-state index contributed by atoms with van der Waals surface area (Å²) in [5, 5.41) is 11.5. The molecule has 33 heavy (non-hydrogen) atoms. The lowest BCUT2D eigenvalue weighted by Crippen LogP contribution is -2.30. The molecule has 166 valence electrons. The smallest absolute Gasteiger partial charge is 0.335 e. The number of carbonyl (C=O) groups excluding carboxylic acids is 2. The number of methoxy groups -OCH3 is 1. The number of aromatic carboxylic acids is 1. The van der Waals surface area contributed by atoms with Crippen molar-refractivity contribution in [2.24, 2.45) is 0 Å². The van der Waals surface area contributed by atoms with E-state index in [0.717, 1.165) is 10.5 Å². The van der Waals surface area contributed by atoms with Gasteiger partial charge in [-0.05, 0) is 65.7 Å². The molecule has 1 aliphatic heterocycles. The summed E-state index contributed by atoms with van der Waals surface area (Å²) in [6.07, 6.45) is 1.60. The van der Waals surface area contributed by atoms with E-state index in [0.29, 0.717) is 22.7 Å². The summed E-state index contributed by atoms with van der Waals surface area (Å²) in [5.41, 5.74) is 2.39. The number of carboxylic acids is 1. The summed E-state index contributed by atoms with van der Waals surface area (Å²) in [4.78, 5) is 37.1. The van der Waals surface area contributed by atoms with Gasteiger partial charge < -0.3 is 19.9 Å². The second kappa shape index (κ2) is 9.27. The fraction of sp³-hybridized carbons (Fsp3) is 0.0800. The van der Waals surface area contributed by atoms with Gasteiger partial charge in [0.25, 0.3) is 5.91 Å². The van der Waals surface area contributed by atoms with Crippen LogP contribution >= 0.6 is 0 Å². The maximum Gasteiger partial charge on any atom is 0.335 e. The van der Waals surface area contributed by atoms with Crippen molar-refractivity contribution in [2.45, 2.75) is 6.61 Å². The maximum atomic E-state index is 12.7. The average molecular weight is 444 g/mol. The highest BCUT2D eigenvalue weighted by Gasteiger charge is 2.34. The quantitative estimate of drug-likeness (QED) is 0.420. The fourth-order valence-electron chi connectivity index (χ4n) is 3.24. The van der Waals surface area contributed by atoms with Gasteiger partial charge in [0.15, 0.2) is 0 Å². The van der Waals surface area contributed by atoms with E-state index in [2.05, 4.69) is 5.32 Å². The molecule has 8 nitrogen and oxygen atoms in total. The Balaban J connectivity index is 1.41. The number of hydrogen-bond acceptors (Lipinski definition) is 5. The van der Waals surface area contributed by atoms with E-state index in [9.17, 15) is 14.4 Å². The summed E-state index contributed by atoms with van der Waals surface area (Å²) < 4.78 is 10.8. The lowest BCUT2D eigenvalue weighted by molar-refractivity contribution is -0.113. The zero-order chi connectivity index (χ0) is 23.4. The molecule has 0 aromatic heterocycles. The van der Waals surface area contributed by atoms with Crippen molar-refractivity contribution in [3.63, 3.8) is 0 Å². The third-order valence-corrected chi connectivity index (χ3v) is 5.01. The van der Waals surface area contributed by atoms with Gasteiger partial charge >= 0.3 is 12.0 Å². The van der Waals surface area contributed by atoms with Gasteiger partial charge in [0.05, 0.1) is 18.4 Å². The Bertz CT molecular complexity index is 1220. The van der Waals surface area contributed by atoms with Crippen molar-refractivity contribution in [1.82, 2.24) is 5.32 Å². The number of benzene rings is 3. The standard InChI is InChI=1S/C25H20N2O6/c1-32-20-12-8-19(9-13-20)27-23(28)22(26-25(27)31)14-16-4-10-21(11-5-16)33-15-17-2-6-18(7-3-17)24(29)30/h2-14H,15H2,1H3,(H,26,31)(H,29,30)/b22-14-. The van der Waals surface area contributed by atoms with Crippen LogP contribution in [0.1, 0.15) is 21.5 Å². The van der Waals surface area contributed by atoms with Crippen LogP contribution in [-0.4, -0.2) is 30.1 Å². The molecule has 2 N–H and O–H groups in total. The molecular weight excluding hydrogens is 424 g/mol. The minimum absolute atomic E-state index is 0.169. The third-order valence-electron chi connectivity index (χ3n) is 5.01. The van der Waals surface area contributed by atoms with Gasteiger partial charge in [-0.3, -0.25) is 4.79 Å². The van der Waals surface area contributed by atoms with Crippen LogP contribution in [0.2, 0.25) is 0 Å². The van der Waals surface area contributed by atoms with Crippen LogP contribution in [0, 0.1) is 0 Å². The number of hydrogen-bond donors (Lipinski definition) is 2. The van der Waals surface area contributed by atoms with E-state index >= 15 is 0 Å². The molecule has 0 atom stereocenters. The van der Waals surface area contributed by atoms with Crippen LogP contribution in [0.5, 0.6) is 11.5 Å². The number of anilines is 1. The van der Waals surface area contributed by atoms with E-state index in [1.165, 1.54) is 12.1 Å². The van der Waals surface area contributed by atoms with Gasteiger partial charge in [0.2, 0.25) is 0 Å². The van der Waals surface area contributed by atoms with Crippen molar-refractivity contribution in [1.29, 1.82) is 0 Å². The number of nitrogens with zero attached hydrogens (tertiary/aromatic N) is 1. The monoisotopic (exact) mass is 444 g/mol. The van der Waals surface area contributed by atoms with Gasteiger partial charge in [0, 0.05) is 0 Å². The van der Waals surface area contributed by atoms with E-state index in [1.807, 2.05) is 0 Å². The Morgan fingerprint density at radius 1 is 0.939 bits per heavy atom. The molecule has 0 unspecified atom stereocenters. The minimum atomic E-state index is -0.976. The molecule has 0 aliphatic carbocycles. The van der Waals surface area contributed by atoms with Gasteiger partial charge in [-0.1, -0.05) is 24.3 Å². The van der Waals surface area contributed by atoms with Gasteiger partial charge in [-0.2, -0.15) is 0 Å². The maximum absolute atomic E-state index is 12.7. The average Bonchev–Trinajstić information content (AvgIpc) is 3.11. The van der Waals surface area contributed by atoms with Crippen molar-refractivity contribution >= 4 is 29.7 Å². The Morgan fingerprint density at radius 3 is 2.18 bits per heavy atom. The molecule has 1 saturated heterocycles. The Morgan fingerprint density at radius 2 is 1.58 bits per heavy atom. The molecular formula is C25H20N2O6. The predicted molar refractivity (Wildman–Crippen MR) is 121 cm³/mol. The third kappa shape index (κ3) is 4.85. The number of imide groups is 1. The zero-order valence-corrected chi connectivity index (χ0v) is 17.6. The second-order valence-corrected chi connectivity index (χ2v) is 7.19. The van der Waals surface area contributed by atoms with E-state index in [1.54, 1.807) is 73.8 Å². The Kier molecular flexibility index (Phi) is 6.08. The van der Waals surface area contributed by atoms with Crippen LogP contribution in [0.4, 0.5) is 10.5 Å². The molecule has 4 rings (SSSR count).